The van der Waals surface area contributed by atoms with E-state index >= 15 is 0 Å². The van der Waals surface area contributed by atoms with Gasteiger partial charge in [0, 0.05) is 11.9 Å². The summed E-state index contributed by atoms with van der Waals surface area (Å²) in [4.78, 5) is 8.01. The van der Waals surface area contributed by atoms with Gasteiger partial charge in [0.15, 0.2) is 0 Å². The Morgan fingerprint density at radius 2 is 1.64 bits per heavy atom. The standard InChI is InChI=1S/C25H29F3N4O/c1-5-6-9-17-12-14-18(15-13-17)30-23-29-16-19(25(26,27)28)22(32-23)31-20-10-7-8-11-21(20)33-24(2,3)4/h7-8,10-16H,5-6,9H2,1-4H3,(H2,29,30,31,32). The lowest BCUT2D eigenvalue weighted by molar-refractivity contribution is -0.137. The van der Waals surface area contributed by atoms with E-state index < -0.39 is 17.3 Å². The lowest BCUT2D eigenvalue weighted by Crippen LogP contribution is -2.23. The minimum atomic E-state index is -4.62. The van der Waals surface area contributed by atoms with Gasteiger partial charge in [-0.05, 0) is 63.4 Å². The molecule has 0 radical (unpaired) electrons. The second-order valence-corrected chi connectivity index (χ2v) is 8.71. The minimum absolute atomic E-state index is 0.0565. The zero-order valence-electron chi connectivity index (χ0n) is 19.3. The SMILES string of the molecule is CCCCc1ccc(Nc2ncc(C(F)(F)F)c(Nc3ccccc3OC(C)(C)C)n2)cc1. The number of ether oxygens (including phenoxy) is 1. The Bertz CT molecular complexity index is 1060. The van der Waals surface area contributed by atoms with Crippen molar-refractivity contribution in [2.24, 2.45) is 0 Å². The van der Waals surface area contributed by atoms with Crippen molar-refractivity contribution in [3.8, 4) is 5.75 Å². The first kappa shape index (κ1) is 24.4. The fourth-order valence-electron chi connectivity index (χ4n) is 3.13. The molecule has 1 aromatic heterocycles. The second kappa shape index (κ2) is 10.1. The molecule has 0 unspecified atom stereocenters. The summed E-state index contributed by atoms with van der Waals surface area (Å²) < 4.78 is 46.9. The molecule has 2 aromatic carbocycles. The number of hydrogen-bond donors (Lipinski definition) is 2. The number of rotatable bonds is 8. The zero-order valence-corrected chi connectivity index (χ0v) is 19.3. The molecule has 2 N–H and O–H groups in total. The maximum Gasteiger partial charge on any atom is 0.421 e. The van der Waals surface area contributed by atoms with E-state index in [4.69, 9.17) is 4.74 Å². The van der Waals surface area contributed by atoms with Crippen LogP contribution in [0.2, 0.25) is 0 Å². The van der Waals surface area contributed by atoms with Crippen LogP contribution in [0.25, 0.3) is 0 Å². The largest absolute Gasteiger partial charge is 0.486 e. The summed E-state index contributed by atoms with van der Waals surface area (Å²) in [5.41, 5.74) is 0.786. The number of halogens is 3. The summed E-state index contributed by atoms with van der Waals surface area (Å²) in [7, 11) is 0. The fourth-order valence-corrected chi connectivity index (χ4v) is 3.13. The molecule has 0 saturated heterocycles. The number of benzene rings is 2. The summed E-state index contributed by atoms with van der Waals surface area (Å²) in [6, 6.07) is 14.5. The molecule has 3 rings (SSSR count). The normalized spacial score (nSPS) is 11.8. The molecule has 0 spiro atoms. The molecule has 0 saturated carbocycles. The van der Waals surface area contributed by atoms with Crippen LogP contribution >= 0.6 is 0 Å². The first-order chi connectivity index (χ1) is 15.5. The van der Waals surface area contributed by atoms with Crippen LogP contribution in [0.1, 0.15) is 51.7 Å². The molecule has 5 nitrogen and oxygen atoms in total. The minimum Gasteiger partial charge on any atom is -0.486 e. The van der Waals surface area contributed by atoms with Crippen molar-refractivity contribution < 1.29 is 17.9 Å². The average Bonchev–Trinajstić information content (AvgIpc) is 2.73. The molecule has 0 aliphatic heterocycles. The van der Waals surface area contributed by atoms with Crippen LogP contribution in [0.5, 0.6) is 5.75 Å². The second-order valence-electron chi connectivity index (χ2n) is 8.71. The quantitative estimate of drug-likeness (QED) is 0.366. The number of anilines is 4. The third-order valence-corrected chi connectivity index (χ3v) is 4.68. The van der Waals surface area contributed by atoms with Gasteiger partial charge in [-0.2, -0.15) is 18.2 Å². The van der Waals surface area contributed by atoms with E-state index in [2.05, 4.69) is 27.5 Å². The third kappa shape index (κ3) is 7.10. The van der Waals surface area contributed by atoms with Gasteiger partial charge < -0.3 is 15.4 Å². The van der Waals surface area contributed by atoms with Crippen molar-refractivity contribution in [3.05, 3.63) is 65.9 Å². The van der Waals surface area contributed by atoms with Crippen LogP contribution < -0.4 is 15.4 Å². The predicted molar refractivity (Wildman–Crippen MR) is 125 cm³/mol. The number of aromatic nitrogens is 2. The molecule has 0 aliphatic carbocycles. The van der Waals surface area contributed by atoms with Gasteiger partial charge in [0.1, 0.15) is 22.7 Å². The Balaban J connectivity index is 1.89. The van der Waals surface area contributed by atoms with E-state index in [0.29, 0.717) is 17.1 Å². The van der Waals surface area contributed by atoms with Crippen LogP contribution in [-0.2, 0) is 12.6 Å². The van der Waals surface area contributed by atoms with E-state index in [1.165, 1.54) is 5.56 Å². The molecule has 3 aromatic rings. The molecule has 33 heavy (non-hydrogen) atoms. The highest BCUT2D eigenvalue weighted by atomic mass is 19.4. The Kier molecular flexibility index (Phi) is 7.46. The number of aryl methyl sites for hydroxylation is 1. The van der Waals surface area contributed by atoms with Crippen LogP contribution in [-0.4, -0.2) is 15.6 Å². The molecule has 0 aliphatic rings. The number of unbranched alkanes of at least 4 members (excludes halogenated alkanes) is 1. The Hall–Kier alpha value is -3.29. The number of alkyl halides is 3. The van der Waals surface area contributed by atoms with Crippen LogP contribution in [0, 0.1) is 0 Å². The van der Waals surface area contributed by atoms with Crippen molar-refractivity contribution >= 4 is 23.1 Å². The average molecular weight is 459 g/mol. The van der Waals surface area contributed by atoms with E-state index in [1.807, 2.05) is 45.0 Å². The number of nitrogens with zero attached hydrogens (tertiary/aromatic N) is 2. The smallest absolute Gasteiger partial charge is 0.421 e. The highest BCUT2D eigenvalue weighted by molar-refractivity contribution is 5.67. The molecule has 8 heteroatoms. The van der Waals surface area contributed by atoms with Crippen LogP contribution in [0.15, 0.2) is 54.7 Å². The van der Waals surface area contributed by atoms with E-state index in [9.17, 15) is 13.2 Å². The topological polar surface area (TPSA) is 59.1 Å². The zero-order chi connectivity index (χ0) is 24.1. The molecule has 0 atom stereocenters. The van der Waals surface area contributed by atoms with Crippen molar-refractivity contribution in [2.45, 2.75) is 58.7 Å². The molecule has 0 amide bonds. The maximum absolute atomic E-state index is 13.7. The first-order valence-corrected chi connectivity index (χ1v) is 10.9. The Labute approximate surface area is 192 Å². The van der Waals surface area contributed by atoms with Crippen molar-refractivity contribution in [1.82, 2.24) is 9.97 Å². The van der Waals surface area contributed by atoms with Gasteiger partial charge in [-0.15, -0.1) is 0 Å². The number of para-hydroxylation sites is 2. The summed E-state index contributed by atoms with van der Waals surface area (Å²) >= 11 is 0. The van der Waals surface area contributed by atoms with Crippen molar-refractivity contribution in [2.75, 3.05) is 10.6 Å². The van der Waals surface area contributed by atoms with Crippen LogP contribution in [0.3, 0.4) is 0 Å². The van der Waals surface area contributed by atoms with Gasteiger partial charge >= 0.3 is 6.18 Å². The molecule has 0 bridgehead atoms. The Morgan fingerprint density at radius 1 is 0.939 bits per heavy atom. The first-order valence-electron chi connectivity index (χ1n) is 10.9. The summed E-state index contributed by atoms with van der Waals surface area (Å²) in [5.74, 6) is 0.125. The van der Waals surface area contributed by atoms with Gasteiger partial charge in [-0.25, -0.2) is 4.98 Å². The number of nitrogens with one attached hydrogen (secondary N) is 2. The monoisotopic (exact) mass is 458 g/mol. The number of hydrogen-bond acceptors (Lipinski definition) is 5. The van der Waals surface area contributed by atoms with Gasteiger partial charge in [-0.1, -0.05) is 37.6 Å². The molecule has 0 fully saturated rings. The van der Waals surface area contributed by atoms with Crippen LogP contribution in [0.4, 0.5) is 36.3 Å². The Morgan fingerprint density at radius 3 is 2.27 bits per heavy atom. The summed E-state index contributed by atoms with van der Waals surface area (Å²) in [6.45, 7) is 7.73. The van der Waals surface area contributed by atoms with Gasteiger partial charge in [0.05, 0.1) is 5.69 Å². The molecular formula is C25H29F3N4O. The van der Waals surface area contributed by atoms with E-state index in [0.717, 1.165) is 25.5 Å². The molecule has 176 valence electrons. The van der Waals surface area contributed by atoms with Gasteiger partial charge in [-0.3, -0.25) is 0 Å². The summed E-state index contributed by atoms with van der Waals surface area (Å²) in [5, 5.41) is 5.78. The maximum atomic E-state index is 13.7. The van der Waals surface area contributed by atoms with Crippen molar-refractivity contribution in [1.29, 1.82) is 0 Å². The lowest BCUT2D eigenvalue weighted by Gasteiger charge is -2.24. The predicted octanol–water partition coefficient (Wildman–Crippen LogP) is 7.50. The van der Waals surface area contributed by atoms with Crippen molar-refractivity contribution in [3.63, 3.8) is 0 Å². The summed E-state index contributed by atoms with van der Waals surface area (Å²) in [6.07, 6.45) is -0.650. The highest BCUT2D eigenvalue weighted by Gasteiger charge is 2.35. The lowest BCUT2D eigenvalue weighted by atomic mass is 10.1. The molecule has 1 heterocycles. The van der Waals surface area contributed by atoms with E-state index in [1.54, 1.807) is 24.3 Å². The van der Waals surface area contributed by atoms with E-state index in [-0.39, 0.29) is 11.8 Å². The fraction of sp³-hybridized carbons (Fsp3) is 0.360. The molecular weight excluding hydrogens is 429 g/mol. The van der Waals surface area contributed by atoms with Gasteiger partial charge in [0.2, 0.25) is 5.95 Å². The highest BCUT2D eigenvalue weighted by Crippen LogP contribution is 2.37. The van der Waals surface area contributed by atoms with Gasteiger partial charge in [0.25, 0.3) is 0 Å². The third-order valence-electron chi connectivity index (χ3n) is 4.68.